The van der Waals surface area contributed by atoms with Crippen molar-refractivity contribution in [2.75, 3.05) is 4.72 Å². The Morgan fingerprint density at radius 2 is 1.90 bits per heavy atom. The van der Waals surface area contributed by atoms with Gasteiger partial charge in [-0.15, -0.1) is 0 Å². The van der Waals surface area contributed by atoms with Crippen molar-refractivity contribution in [3.05, 3.63) is 59.4 Å². The van der Waals surface area contributed by atoms with E-state index in [1.165, 1.54) is 36.4 Å². The predicted molar refractivity (Wildman–Crippen MR) is 73.1 cm³/mol. The summed E-state index contributed by atoms with van der Waals surface area (Å²) in [5.41, 5.74) is 0.576. The summed E-state index contributed by atoms with van der Waals surface area (Å²) in [5, 5.41) is 8.83. The number of rotatable bonds is 3. The summed E-state index contributed by atoms with van der Waals surface area (Å²) in [5.74, 6) is -0.662. The SMILES string of the molecule is Cc1ccc(C#N)cc1S(=O)(=O)Nc1ccccc1F. The number of nitrogens with one attached hydrogen (secondary N) is 1. The summed E-state index contributed by atoms with van der Waals surface area (Å²) in [6.07, 6.45) is 0. The molecule has 6 heteroatoms. The molecule has 2 rings (SSSR count). The lowest BCUT2D eigenvalue weighted by Gasteiger charge is -2.11. The highest BCUT2D eigenvalue weighted by Gasteiger charge is 2.19. The predicted octanol–water partition coefficient (Wildman–Crippen LogP) is 2.81. The minimum absolute atomic E-state index is 0.0418. The number of hydrogen-bond acceptors (Lipinski definition) is 3. The maximum atomic E-state index is 13.5. The quantitative estimate of drug-likeness (QED) is 0.945. The molecule has 1 N–H and O–H groups in total. The maximum Gasteiger partial charge on any atom is 0.262 e. The second-order valence-corrected chi connectivity index (χ2v) is 5.83. The van der Waals surface area contributed by atoms with E-state index in [1.54, 1.807) is 6.92 Å². The van der Waals surface area contributed by atoms with Gasteiger partial charge in [0.25, 0.3) is 10.0 Å². The number of anilines is 1. The van der Waals surface area contributed by atoms with Crippen LogP contribution in [0, 0.1) is 24.1 Å². The van der Waals surface area contributed by atoms with Crippen molar-refractivity contribution in [3.63, 3.8) is 0 Å². The van der Waals surface area contributed by atoms with E-state index in [1.807, 2.05) is 6.07 Å². The molecule has 20 heavy (non-hydrogen) atoms. The number of sulfonamides is 1. The van der Waals surface area contributed by atoms with Gasteiger partial charge in [-0.1, -0.05) is 18.2 Å². The first kappa shape index (κ1) is 14.0. The van der Waals surface area contributed by atoms with Gasteiger partial charge < -0.3 is 0 Å². The number of para-hydroxylation sites is 1. The van der Waals surface area contributed by atoms with Gasteiger partial charge in [0.15, 0.2) is 0 Å². The van der Waals surface area contributed by atoms with Crippen molar-refractivity contribution >= 4 is 15.7 Å². The first-order valence-electron chi connectivity index (χ1n) is 5.72. The Bertz CT molecular complexity index is 795. The van der Waals surface area contributed by atoms with Gasteiger partial charge >= 0.3 is 0 Å². The van der Waals surface area contributed by atoms with Crippen molar-refractivity contribution in [2.45, 2.75) is 11.8 Å². The van der Waals surface area contributed by atoms with E-state index in [9.17, 15) is 12.8 Å². The normalized spacial score (nSPS) is 10.8. The number of halogens is 1. The molecule has 0 bridgehead atoms. The molecule has 0 aromatic heterocycles. The zero-order valence-corrected chi connectivity index (χ0v) is 11.4. The molecule has 0 atom stereocenters. The molecule has 102 valence electrons. The second kappa shape index (κ2) is 5.31. The molecule has 0 amide bonds. The van der Waals surface area contributed by atoms with E-state index in [2.05, 4.69) is 4.72 Å². The lowest BCUT2D eigenvalue weighted by Crippen LogP contribution is -2.15. The molecule has 0 fully saturated rings. The standard InChI is InChI=1S/C14H11FN2O2S/c1-10-6-7-11(9-16)8-14(10)20(18,19)17-13-5-3-2-4-12(13)15/h2-8,17H,1H3. The van der Waals surface area contributed by atoms with Crippen molar-refractivity contribution in [1.82, 2.24) is 0 Å². The van der Waals surface area contributed by atoms with Gasteiger partial charge in [-0.05, 0) is 36.8 Å². The van der Waals surface area contributed by atoms with Crippen molar-refractivity contribution < 1.29 is 12.8 Å². The highest BCUT2D eigenvalue weighted by molar-refractivity contribution is 7.92. The van der Waals surface area contributed by atoms with E-state index in [-0.39, 0.29) is 16.1 Å². The van der Waals surface area contributed by atoms with Crippen LogP contribution in [0.4, 0.5) is 10.1 Å². The van der Waals surface area contributed by atoms with Crippen LogP contribution in [0.3, 0.4) is 0 Å². The Balaban J connectivity index is 2.47. The third-order valence-electron chi connectivity index (χ3n) is 2.72. The van der Waals surface area contributed by atoms with Crippen LogP contribution >= 0.6 is 0 Å². The molecular formula is C14H11FN2O2S. The summed E-state index contributed by atoms with van der Waals surface area (Å²) in [6, 6.07) is 11.7. The topological polar surface area (TPSA) is 70.0 Å². The zero-order chi connectivity index (χ0) is 14.8. The van der Waals surface area contributed by atoms with Gasteiger partial charge in [-0.2, -0.15) is 5.26 Å². The summed E-state index contributed by atoms with van der Waals surface area (Å²) in [6.45, 7) is 1.61. The largest absolute Gasteiger partial charge is 0.277 e. The summed E-state index contributed by atoms with van der Waals surface area (Å²) >= 11 is 0. The van der Waals surface area contributed by atoms with Crippen LogP contribution in [-0.4, -0.2) is 8.42 Å². The minimum Gasteiger partial charge on any atom is -0.277 e. The van der Waals surface area contributed by atoms with Crippen molar-refractivity contribution in [2.24, 2.45) is 0 Å². The fourth-order valence-electron chi connectivity index (χ4n) is 1.70. The van der Waals surface area contributed by atoms with E-state index in [0.717, 1.165) is 6.07 Å². The molecule has 4 nitrogen and oxygen atoms in total. The summed E-state index contributed by atoms with van der Waals surface area (Å²) in [7, 11) is -3.94. The van der Waals surface area contributed by atoms with E-state index >= 15 is 0 Å². The number of hydrogen-bond donors (Lipinski definition) is 1. The van der Waals surface area contributed by atoms with E-state index in [0.29, 0.717) is 5.56 Å². The average molecular weight is 290 g/mol. The maximum absolute atomic E-state index is 13.5. The average Bonchev–Trinajstić information content (AvgIpc) is 2.41. The molecule has 0 aliphatic rings. The Labute approximate surface area is 116 Å². The fourth-order valence-corrected chi connectivity index (χ4v) is 3.04. The number of nitriles is 1. The van der Waals surface area contributed by atoms with Gasteiger partial charge in [0.2, 0.25) is 0 Å². The van der Waals surface area contributed by atoms with Gasteiger partial charge in [0.1, 0.15) is 5.82 Å². The fraction of sp³-hybridized carbons (Fsp3) is 0.0714. The summed E-state index contributed by atoms with van der Waals surface area (Å²) in [4.78, 5) is -0.0418. The third-order valence-corrected chi connectivity index (χ3v) is 4.23. The zero-order valence-electron chi connectivity index (χ0n) is 10.6. The van der Waals surface area contributed by atoms with Gasteiger partial charge in [0, 0.05) is 0 Å². The molecule has 2 aromatic rings. The van der Waals surface area contributed by atoms with Crippen LogP contribution in [0.15, 0.2) is 47.4 Å². The first-order chi connectivity index (χ1) is 9.44. The Morgan fingerprint density at radius 1 is 1.20 bits per heavy atom. The third kappa shape index (κ3) is 2.78. The molecule has 0 aliphatic heterocycles. The monoisotopic (exact) mass is 290 g/mol. The highest BCUT2D eigenvalue weighted by atomic mass is 32.2. The molecule has 0 saturated carbocycles. The van der Waals surface area contributed by atoms with Gasteiger partial charge in [-0.3, -0.25) is 4.72 Å². The number of benzene rings is 2. The van der Waals surface area contributed by atoms with Crippen molar-refractivity contribution in [3.8, 4) is 6.07 Å². The lowest BCUT2D eigenvalue weighted by molar-refractivity contribution is 0.598. The van der Waals surface area contributed by atoms with Gasteiger partial charge in [-0.25, -0.2) is 12.8 Å². The number of nitrogens with zero attached hydrogens (tertiary/aromatic N) is 1. The molecule has 0 saturated heterocycles. The molecule has 0 heterocycles. The molecule has 2 aromatic carbocycles. The van der Waals surface area contributed by atoms with Crippen LogP contribution < -0.4 is 4.72 Å². The molecule has 0 aliphatic carbocycles. The lowest BCUT2D eigenvalue weighted by atomic mass is 10.2. The van der Waals surface area contributed by atoms with Crippen LogP contribution in [0.25, 0.3) is 0 Å². The Hall–Kier alpha value is -2.39. The molecule has 0 spiro atoms. The Morgan fingerprint density at radius 3 is 2.55 bits per heavy atom. The van der Waals surface area contributed by atoms with E-state index in [4.69, 9.17) is 5.26 Å². The highest BCUT2D eigenvalue weighted by Crippen LogP contribution is 2.22. The minimum atomic E-state index is -3.94. The smallest absolute Gasteiger partial charge is 0.262 e. The molecular weight excluding hydrogens is 279 g/mol. The summed E-state index contributed by atoms with van der Waals surface area (Å²) < 4.78 is 40.2. The molecule has 0 radical (unpaired) electrons. The Kier molecular flexibility index (Phi) is 3.72. The van der Waals surface area contributed by atoms with Crippen LogP contribution in [0.2, 0.25) is 0 Å². The number of aryl methyl sites for hydroxylation is 1. The van der Waals surface area contributed by atoms with Crippen LogP contribution in [-0.2, 0) is 10.0 Å². The van der Waals surface area contributed by atoms with Crippen LogP contribution in [0.5, 0.6) is 0 Å². The molecule has 0 unspecified atom stereocenters. The second-order valence-electron chi connectivity index (χ2n) is 4.18. The first-order valence-corrected chi connectivity index (χ1v) is 7.20. The van der Waals surface area contributed by atoms with E-state index < -0.39 is 15.8 Å². The van der Waals surface area contributed by atoms with Gasteiger partial charge in [0.05, 0.1) is 22.2 Å². The van der Waals surface area contributed by atoms with Crippen molar-refractivity contribution in [1.29, 1.82) is 5.26 Å². The van der Waals surface area contributed by atoms with Crippen LogP contribution in [0.1, 0.15) is 11.1 Å².